The first-order chi connectivity index (χ1) is 9.19. The van der Waals surface area contributed by atoms with E-state index in [1.807, 2.05) is 18.7 Å². The molecule has 1 amide bonds. The van der Waals surface area contributed by atoms with Crippen LogP contribution in [0, 0.1) is 6.92 Å². The molecule has 1 aromatic carbocycles. The van der Waals surface area contributed by atoms with Crippen molar-refractivity contribution in [1.82, 2.24) is 4.90 Å². The largest absolute Gasteiger partial charge is 0.325 e. The van der Waals surface area contributed by atoms with Crippen LogP contribution in [0.25, 0.3) is 0 Å². The van der Waals surface area contributed by atoms with Crippen LogP contribution in [-0.2, 0) is 11.3 Å². The summed E-state index contributed by atoms with van der Waals surface area (Å²) >= 11 is 2.01. The molecule has 1 heterocycles. The zero-order valence-corrected chi connectivity index (χ0v) is 12.1. The average molecular weight is 279 g/mol. The van der Waals surface area contributed by atoms with Crippen molar-refractivity contribution in [3.05, 3.63) is 29.3 Å². The summed E-state index contributed by atoms with van der Waals surface area (Å²) in [4.78, 5) is 13.8. The highest BCUT2D eigenvalue weighted by atomic mass is 32.2. The highest BCUT2D eigenvalue weighted by Gasteiger charge is 2.11. The summed E-state index contributed by atoms with van der Waals surface area (Å²) in [5, 5.41) is 2.85. The van der Waals surface area contributed by atoms with Crippen LogP contribution in [-0.4, -0.2) is 41.9 Å². The Labute approximate surface area is 118 Å². The second-order valence-corrected chi connectivity index (χ2v) is 6.01. The first-order valence-corrected chi connectivity index (χ1v) is 7.74. The fraction of sp³-hybridized carbons (Fsp3) is 0.500. The molecule has 5 heteroatoms. The van der Waals surface area contributed by atoms with E-state index in [0.29, 0.717) is 0 Å². The Kier molecular flexibility index (Phi) is 5.24. The number of carbonyl (C=O) groups excluding carboxylic acids is 1. The normalized spacial score (nSPS) is 16.3. The van der Waals surface area contributed by atoms with Gasteiger partial charge in [0.05, 0.1) is 6.54 Å². The van der Waals surface area contributed by atoms with Gasteiger partial charge in [-0.25, -0.2) is 0 Å². The summed E-state index contributed by atoms with van der Waals surface area (Å²) in [7, 11) is 0. The van der Waals surface area contributed by atoms with E-state index >= 15 is 0 Å². The van der Waals surface area contributed by atoms with Gasteiger partial charge in [0.2, 0.25) is 5.91 Å². The molecule has 0 radical (unpaired) electrons. The number of rotatable bonds is 4. The third-order valence-corrected chi connectivity index (χ3v) is 4.21. The van der Waals surface area contributed by atoms with Gasteiger partial charge in [0.25, 0.3) is 0 Å². The van der Waals surface area contributed by atoms with Crippen LogP contribution in [0.3, 0.4) is 0 Å². The van der Waals surface area contributed by atoms with Gasteiger partial charge in [0.15, 0.2) is 0 Å². The number of hydrogen-bond acceptors (Lipinski definition) is 4. The van der Waals surface area contributed by atoms with Gasteiger partial charge in [0.1, 0.15) is 0 Å². The third kappa shape index (κ3) is 4.23. The lowest BCUT2D eigenvalue weighted by atomic mass is 10.1. The first kappa shape index (κ1) is 14.4. The number of benzene rings is 1. The molecule has 0 unspecified atom stereocenters. The number of nitrogens with one attached hydrogen (secondary N) is 1. The van der Waals surface area contributed by atoms with E-state index in [1.54, 1.807) is 0 Å². The van der Waals surface area contributed by atoms with E-state index in [2.05, 4.69) is 28.4 Å². The number of hydrogen-bond donors (Lipinski definition) is 2. The molecule has 104 valence electrons. The first-order valence-electron chi connectivity index (χ1n) is 6.58. The Morgan fingerprint density at radius 3 is 2.84 bits per heavy atom. The Morgan fingerprint density at radius 2 is 2.16 bits per heavy atom. The summed E-state index contributed by atoms with van der Waals surface area (Å²) in [6, 6.07) is 6.25. The second-order valence-electron chi connectivity index (χ2n) is 4.79. The molecule has 4 nitrogen and oxygen atoms in total. The summed E-state index contributed by atoms with van der Waals surface area (Å²) in [6.07, 6.45) is 0. The van der Waals surface area contributed by atoms with Gasteiger partial charge < -0.3 is 11.1 Å². The summed E-state index contributed by atoms with van der Waals surface area (Å²) in [6.45, 7) is 5.25. The standard InChI is InChI=1S/C14H21N3OS/c1-11-2-3-12(8-13(11)16-14(18)9-15)10-17-4-6-19-7-5-17/h2-3,8H,4-7,9-10,15H2,1H3,(H,16,18). The van der Waals surface area contributed by atoms with E-state index in [4.69, 9.17) is 5.73 Å². The molecule has 19 heavy (non-hydrogen) atoms. The minimum Gasteiger partial charge on any atom is -0.325 e. The zero-order chi connectivity index (χ0) is 13.7. The lowest BCUT2D eigenvalue weighted by Gasteiger charge is -2.26. The maximum Gasteiger partial charge on any atom is 0.238 e. The highest BCUT2D eigenvalue weighted by Crippen LogP contribution is 2.19. The van der Waals surface area contributed by atoms with Crippen molar-refractivity contribution >= 4 is 23.4 Å². The van der Waals surface area contributed by atoms with Crippen LogP contribution in [0.5, 0.6) is 0 Å². The molecule has 0 bridgehead atoms. The second kappa shape index (κ2) is 6.93. The average Bonchev–Trinajstić information content (AvgIpc) is 2.43. The predicted octanol–water partition coefficient (Wildman–Crippen LogP) is 1.44. The van der Waals surface area contributed by atoms with Crippen LogP contribution >= 0.6 is 11.8 Å². The van der Waals surface area contributed by atoms with Crippen molar-refractivity contribution in [2.45, 2.75) is 13.5 Å². The van der Waals surface area contributed by atoms with Gasteiger partial charge >= 0.3 is 0 Å². The van der Waals surface area contributed by atoms with Crippen molar-refractivity contribution in [3.63, 3.8) is 0 Å². The Balaban J connectivity index is 2.04. The molecular formula is C14H21N3OS. The van der Waals surface area contributed by atoms with E-state index < -0.39 is 0 Å². The topological polar surface area (TPSA) is 58.4 Å². The molecule has 1 saturated heterocycles. The van der Waals surface area contributed by atoms with Gasteiger partial charge in [-0.05, 0) is 24.1 Å². The zero-order valence-electron chi connectivity index (χ0n) is 11.3. The van der Waals surface area contributed by atoms with Crippen LogP contribution in [0.1, 0.15) is 11.1 Å². The number of nitrogens with two attached hydrogens (primary N) is 1. The quantitative estimate of drug-likeness (QED) is 0.875. The number of anilines is 1. The molecule has 1 aliphatic heterocycles. The van der Waals surface area contributed by atoms with Crippen LogP contribution in [0.4, 0.5) is 5.69 Å². The Hall–Kier alpha value is -1.04. The number of amides is 1. The molecule has 0 saturated carbocycles. The van der Waals surface area contributed by atoms with Gasteiger partial charge in [-0.3, -0.25) is 9.69 Å². The van der Waals surface area contributed by atoms with Crippen molar-refractivity contribution in [2.75, 3.05) is 36.5 Å². The minimum absolute atomic E-state index is 0.0208. The van der Waals surface area contributed by atoms with Crippen LogP contribution in [0.2, 0.25) is 0 Å². The van der Waals surface area contributed by atoms with Gasteiger partial charge in [0, 0.05) is 36.8 Å². The molecule has 1 aromatic rings. The Bertz CT molecular complexity index is 444. The molecule has 3 N–H and O–H groups in total. The smallest absolute Gasteiger partial charge is 0.238 e. The monoisotopic (exact) mass is 279 g/mol. The SMILES string of the molecule is Cc1ccc(CN2CCSCC2)cc1NC(=O)CN. The van der Waals surface area contributed by atoms with Crippen molar-refractivity contribution in [1.29, 1.82) is 0 Å². The highest BCUT2D eigenvalue weighted by molar-refractivity contribution is 7.99. The van der Waals surface area contributed by atoms with Gasteiger partial charge in [-0.2, -0.15) is 11.8 Å². The van der Waals surface area contributed by atoms with Crippen LogP contribution in [0.15, 0.2) is 18.2 Å². The van der Waals surface area contributed by atoms with Crippen molar-refractivity contribution in [2.24, 2.45) is 5.73 Å². The summed E-state index contributed by atoms with van der Waals surface area (Å²) < 4.78 is 0. The lowest BCUT2D eigenvalue weighted by Crippen LogP contribution is -2.32. The number of aryl methyl sites for hydroxylation is 1. The molecule has 1 aliphatic rings. The number of thioether (sulfide) groups is 1. The van der Waals surface area contributed by atoms with E-state index in [0.717, 1.165) is 30.9 Å². The minimum atomic E-state index is -0.144. The van der Waals surface area contributed by atoms with Crippen LogP contribution < -0.4 is 11.1 Å². The van der Waals surface area contributed by atoms with E-state index in [-0.39, 0.29) is 12.5 Å². The van der Waals surface area contributed by atoms with Gasteiger partial charge in [-0.15, -0.1) is 0 Å². The molecule has 0 atom stereocenters. The predicted molar refractivity (Wildman–Crippen MR) is 81.5 cm³/mol. The molecule has 1 fully saturated rings. The maximum atomic E-state index is 11.4. The molecule has 0 spiro atoms. The summed E-state index contributed by atoms with van der Waals surface area (Å²) in [5.41, 5.74) is 8.52. The molecule has 2 rings (SSSR count). The molecule has 0 aromatic heterocycles. The Morgan fingerprint density at radius 1 is 1.42 bits per heavy atom. The fourth-order valence-corrected chi connectivity index (χ4v) is 3.10. The van der Waals surface area contributed by atoms with E-state index in [1.165, 1.54) is 17.1 Å². The lowest BCUT2D eigenvalue weighted by molar-refractivity contribution is -0.114. The fourth-order valence-electron chi connectivity index (χ4n) is 2.12. The third-order valence-electron chi connectivity index (χ3n) is 3.27. The number of carbonyl (C=O) groups is 1. The molecular weight excluding hydrogens is 258 g/mol. The van der Waals surface area contributed by atoms with E-state index in [9.17, 15) is 4.79 Å². The van der Waals surface area contributed by atoms with Crippen molar-refractivity contribution < 1.29 is 4.79 Å². The van der Waals surface area contributed by atoms with Crippen molar-refractivity contribution in [3.8, 4) is 0 Å². The summed E-state index contributed by atoms with van der Waals surface area (Å²) in [5.74, 6) is 2.28. The number of nitrogens with zero attached hydrogens (tertiary/aromatic N) is 1. The van der Waals surface area contributed by atoms with Gasteiger partial charge in [-0.1, -0.05) is 12.1 Å². The molecule has 0 aliphatic carbocycles. The maximum absolute atomic E-state index is 11.4.